The molecular formula is C15H21NO4. The summed E-state index contributed by atoms with van der Waals surface area (Å²) in [4.78, 5) is 23.7. The molecule has 1 rings (SSSR count). The van der Waals surface area contributed by atoms with Crippen LogP contribution in [0.1, 0.15) is 47.1 Å². The standard InChI is InChI=1S/C15H21NO4/c1-15(2,3)12-7-10(13(17)16-9-19-4)6-11(8-12)14(18)20-5/h6-8H,9H2,1-5H3,(H,16,17). The molecule has 0 aromatic heterocycles. The molecule has 0 fully saturated rings. The molecule has 0 saturated heterocycles. The smallest absolute Gasteiger partial charge is 0.337 e. The highest BCUT2D eigenvalue weighted by Gasteiger charge is 2.19. The molecule has 0 atom stereocenters. The van der Waals surface area contributed by atoms with E-state index in [2.05, 4.69) is 5.32 Å². The lowest BCUT2D eigenvalue weighted by Crippen LogP contribution is -2.26. The van der Waals surface area contributed by atoms with Gasteiger partial charge in [0.25, 0.3) is 5.91 Å². The Morgan fingerprint density at radius 3 is 2.20 bits per heavy atom. The third-order valence-corrected chi connectivity index (χ3v) is 2.86. The van der Waals surface area contributed by atoms with Gasteiger partial charge in [-0.1, -0.05) is 20.8 Å². The quantitative estimate of drug-likeness (QED) is 0.677. The number of methoxy groups -OCH3 is 2. The SMILES string of the molecule is COCNC(=O)c1cc(C(=O)OC)cc(C(C)(C)C)c1. The van der Waals surface area contributed by atoms with Crippen LogP contribution < -0.4 is 5.32 Å². The van der Waals surface area contributed by atoms with E-state index in [-0.39, 0.29) is 18.1 Å². The van der Waals surface area contributed by atoms with Gasteiger partial charge in [-0.3, -0.25) is 4.79 Å². The molecule has 0 aliphatic heterocycles. The Hall–Kier alpha value is -1.88. The van der Waals surface area contributed by atoms with Crippen molar-refractivity contribution < 1.29 is 19.1 Å². The van der Waals surface area contributed by atoms with Crippen LogP contribution in [-0.2, 0) is 14.9 Å². The second kappa shape index (κ2) is 6.52. The zero-order chi connectivity index (χ0) is 15.3. The molecule has 20 heavy (non-hydrogen) atoms. The van der Waals surface area contributed by atoms with Crippen LogP contribution in [0.2, 0.25) is 0 Å². The number of amides is 1. The Bertz CT molecular complexity index is 503. The third kappa shape index (κ3) is 4.06. The first-order valence-corrected chi connectivity index (χ1v) is 6.30. The lowest BCUT2D eigenvalue weighted by atomic mass is 9.85. The molecule has 1 N–H and O–H groups in total. The van der Waals surface area contributed by atoms with Crippen LogP contribution in [0.5, 0.6) is 0 Å². The molecule has 110 valence electrons. The van der Waals surface area contributed by atoms with Crippen LogP contribution >= 0.6 is 0 Å². The predicted octanol–water partition coefficient (Wildman–Crippen LogP) is 2.10. The predicted molar refractivity (Wildman–Crippen MR) is 75.8 cm³/mol. The first-order chi connectivity index (χ1) is 9.29. The van der Waals surface area contributed by atoms with Crippen molar-refractivity contribution in [1.82, 2.24) is 5.32 Å². The third-order valence-electron chi connectivity index (χ3n) is 2.86. The molecule has 0 heterocycles. The number of rotatable bonds is 4. The van der Waals surface area contributed by atoms with Gasteiger partial charge in [0.05, 0.1) is 12.7 Å². The van der Waals surface area contributed by atoms with Gasteiger partial charge in [-0.25, -0.2) is 4.79 Å². The fraction of sp³-hybridized carbons (Fsp3) is 0.467. The van der Waals surface area contributed by atoms with Gasteiger partial charge < -0.3 is 14.8 Å². The minimum absolute atomic E-state index is 0.117. The minimum Gasteiger partial charge on any atom is -0.465 e. The van der Waals surface area contributed by atoms with Gasteiger partial charge in [0.2, 0.25) is 0 Å². The highest BCUT2D eigenvalue weighted by molar-refractivity contribution is 5.98. The first-order valence-electron chi connectivity index (χ1n) is 6.30. The molecular weight excluding hydrogens is 258 g/mol. The Balaban J connectivity index is 3.23. The van der Waals surface area contributed by atoms with E-state index in [0.717, 1.165) is 5.56 Å². The van der Waals surface area contributed by atoms with E-state index in [1.54, 1.807) is 12.1 Å². The molecule has 0 aliphatic carbocycles. The van der Waals surface area contributed by atoms with Crippen molar-refractivity contribution in [3.8, 4) is 0 Å². The molecule has 1 aromatic carbocycles. The number of benzene rings is 1. The second-order valence-electron chi connectivity index (χ2n) is 5.48. The molecule has 1 aromatic rings. The van der Waals surface area contributed by atoms with Gasteiger partial charge in [-0.05, 0) is 29.2 Å². The fourth-order valence-electron chi connectivity index (χ4n) is 1.67. The Labute approximate surface area is 119 Å². The number of esters is 1. The number of hydrogen-bond acceptors (Lipinski definition) is 4. The number of ether oxygens (including phenoxy) is 2. The van der Waals surface area contributed by atoms with Gasteiger partial charge in [0.1, 0.15) is 6.73 Å². The van der Waals surface area contributed by atoms with Crippen LogP contribution in [0.3, 0.4) is 0 Å². The summed E-state index contributed by atoms with van der Waals surface area (Å²) in [6.07, 6.45) is 0. The topological polar surface area (TPSA) is 64.6 Å². The average molecular weight is 279 g/mol. The Morgan fingerprint density at radius 2 is 1.70 bits per heavy atom. The first kappa shape index (κ1) is 16.2. The molecule has 1 amide bonds. The summed E-state index contributed by atoms with van der Waals surface area (Å²) in [6, 6.07) is 5.04. The molecule has 0 radical (unpaired) electrons. The molecule has 5 nitrogen and oxygen atoms in total. The van der Waals surface area contributed by atoms with Crippen molar-refractivity contribution in [2.45, 2.75) is 26.2 Å². The number of hydrogen-bond donors (Lipinski definition) is 1. The van der Waals surface area contributed by atoms with Crippen molar-refractivity contribution >= 4 is 11.9 Å². The van der Waals surface area contributed by atoms with Crippen LogP contribution in [0, 0.1) is 0 Å². The van der Waals surface area contributed by atoms with Gasteiger partial charge in [-0.15, -0.1) is 0 Å². The summed E-state index contributed by atoms with van der Waals surface area (Å²) < 4.78 is 9.53. The second-order valence-corrected chi connectivity index (χ2v) is 5.48. The highest BCUT2D eigenvalue weighted by Crippen LogP contribution is 2.25. The summed E-state index contributed by atoms with van der Waals surface area (Å²) in [7, 11) is 2.81. The van der Waals surface area contributed by atoms with Crippen LogP contribution in [0.15, 0.2) is 18.2 Å². The van der Waals surface area contributed by atoms with E-state index in [1.807, 2.05) is 20.8 Å². The van der Waals surface area contributed by atoms with Gasteiger partial charge in [0.15, 0.2) is 0 Å². The van der Waals surface area contributed by atoms with Crippen molar-refractivity contribution in [2.75, 3.05) is 21.0 Å². The largest absolute Gasteiger partial charge is 0.465 e. The number of carbonyl (C=O) groups is 2. The van der Waals surface area contributed by atoms with Crippen LogP contribution in [0.25, 0.3) is 0 Å². The summed E-state index contributed by atoms with van der Waals surface area (Å²) in [6.45, 7) is 6.16. The van der Waals surface area contributed by atoms with E-state index in [0.29, 0.717) is 11.1 Å². The maximum atomic E-state index is 12.0. The lowest BCUT2D eigenvalue weighted by Gasteiger charge is -2.20. The zero-order valence-electron chi connectivity index (χ0n) is 12.6. The van der Waals surface area contributed by atoms with E-state index in [4.69, 9.17) is 9.47 Å². The monoisotopic (exact) mass is 279 g/mol. The maximum Gasteiger partial charge on any atom is 0.337 e. The van der Waals surface area contributed by atoms with Crippen molar-refractivity contribution in [3.63, 3.8) is 0 Å². The van der Waals surface area contributed by atoms with Gasteiger partial charge in [0, 0.05) is 12.7 Å². The highest BCUT2D eigenvalue weighted by atomic mass is 16.5. The zero-order valence-corrected chi connectivity index (χ0v) is 12.6. The summed E-state index contributed by atoms with van der Waals surface area (Å²) in [5.41, 5.74) is 1.49. The Kier molecular flexibility index (Phi) is 5.27. The van der Waals surface area contributed by atoms with Crippen molar-refractivity contribution in [1.29, 1.82) is 0 Å². The van der Waals surface area contributed by atoms with E-state index in [1.165, 1.54) is 20.3 Å². The van der Waals surface area contributed by atoms with Gasteiger partial charge >= 0.3 is 5.97 Å². The normalized spacial score (nSPS) is 11.1. The van der Waals surface area contributed by atoms with Crippen LogP contribution in [-0.4, -0.2) is 32.8 Å². The van der Waals surface area contributed by atoms with E-state index < -0.39 is 5.97 Å². The van der Waals surface area contributed by atoms with E-state index >= 15 is 0 Å². The summed E-state index contributed by atoms with van der Waals surface area (Å²) in [5.74, 6) is -0.750. The number of carbonyl (C=O) groups excluding carboxylic acids is 2. The molecule has 0 unspecified atom stereocenters. The fourth-order valence-corrected chi connectivity index (χ4v) is 1.67. The molecule has 0 spiro atoms. The number of nitrogens with one attached hydrogen (secondary N) is 1. The lowest BCUT2D eigenvalue weighted by molar-refractivity contribution is 0.0600. The van der Waals surface area contributed by atoms with Crippen LogP contribution in [0.4, 0.5) is 0 Å². The Morgan fingerprint density at radius 1 is 1.10 bits per heavy atom. The minimum atomic E-state index is -0.461. The van der Waals surface area contributed by atoms with Gasteiger partial charge in [-0.2, -0.15) is 0 Å². The summed E-state index contributed by atoms with van der Waals surface area (Å²) in [5, 5.41) is 2.60. The van der Waals surface area contributed by atoms with Crippen molar-refractivity contribution in [3.05, 3.63) is 34.9 Å². The molecule has 0 saturated carbocycles. The molecule has 0 aliphatic rings. The van der Waals surface area contributed by atoms with Crippen molar-refractivity contribution in [2.24, 2.45) is 0 Å². The maximum absolute atomic E-state index is 12.0. The summed E-state index contributed by atoms with van der Waals surface area (Å²) >= 11 is 0. The average Bonchev–Trinajstić information content (AvgIpc) is 2.42. The molecule has 0 bridgehead atoms. The molecule has 5 heteroatoms. The van der Waals surface area contributed by atoms with E-state index in [9.17, 15) is 9.59 Å².